The van der Waals surface area contributed by atoms with Gasteiger partial charge in [-0.25, -0.2) is 9.78 Å². The van der Waals surface area contributed by atoms with Crippen molar-refractivity contribution in [3.05, 3.63) is 18.2 Å². The standard InChI is InChI=1S/C17H28N6O6S/c1-9(21-15(26)11(18)5-10-6-19-8-20-10)14(25)22-12(3-4-30-2)16(27)23-13(7-24)17(28)29/h6,8-9,11-13,24H,3-5,7,18H2,1-2H3,(H,19,20)(H,21,26)(H,22,25)(H,23,27)(H,28,29). The Hall–Kier alpha value is -2.64. The molecule has 0 aliphatic carbocycles. The molecule has 4 atom stereocenters. The summed E-state index contributed by atoms with van der Waals surface area (Å²) in [4.78, 5) is 54.7. The molecule has 0 aromatic carbocycles. The molecule has 0 aliphatic rings. The van der Waals surface area contributed by atoms with Crippen LogP contribution in [0.3, 0.4) is 0 Å². The number of hydrogen-bond acceptors (Lipinski definition) is 8. The Balaban J connectivity index is 2.66. The maximum Gasteiger partial charge on any atom is 0.328 e. The number of hydrogen-bond donors (Lipinski definition) is 7. The molecule has 12 nitrogen and oxygen atoms in total. The Morgan fingerprint density at radius 1 is 1.17 bits per heavy atom. The molecule has 1 aromatic heterocycles. The van der Waals surface area contributed by atoms with Gasteiger partial charge in [0.2, 0.25) is 17.7 Å². The van der Waals surface area contributed by atoms with Crippen molar-refractivity contribution in [1.82, 2.24) is 25.9 Å². The van der Waals surface area contributed by atoms with Gasteiger partial charge in [-0.1, -0.05) is 0 Å². The minimum Gasteiger partial charge on any atom is -0.480 e. The number of aliphatic carboxylic acids is 1. The van der Waals surface area contributed by atoms with Gasteiger partial charge in [-0.05, 0) is 25.4 Å². The highest BCUT2D eigenvalue weighted by molar-refractivity contribution is 7.98. The number of aliphatic hydroxyl groups excluding tert-OH is 1. The number of imidazole rings is 1. The normalized spacial score (nSPS) is 14.8. The van der Waals surface area contributed by atoms with Crippen molar-refractivity contribution in [3.8, 4) is 0 Å². The third kappa shape index (κ3) is 8.39. The smallest absolute Gasteiger partial charge is 0.328 e. The first-order valence-corrected chi connectivity index (χ1v) is 10.6. The number of thioether (sulfide) groups is 1. The van der Waals surface area contributed by atoms with Gasteiger partial charge in [0.05, 0.1) is 19.0 Å². The zero-order valence-corrected chi connectivity index (χ0v) is 17.6. The Bertz CT molecular complexity index is 716. The summed E-state index contributed by atoms with van der Waals surface area (Å²) in [5.41, 5.74) is 6.50. The second-order valence-corrected chi connectivity index (χ2v) is 7.53. The second-order valence-electron chi connectivity index (χ2n) is 6.54. The van der Waals surface area contributed by atoms with Crippen LogP contribution in [0, 0.1) is 0 Å². The van der Waals surface area contributed by atoms with Crippen LogP contribution in [-0.4, -0.2) is 86.7 Å². The molecule has 13 heteroatoms. The molecule has 3 amide bonds. The number of nitrogens with zero attached hydrogens (tertiary/aromatic N) is 1. The Labute approximate surface area is 177 Å². The van der Waals surface area contributed by atoms with Gasteiger partial charge in [0.25, 0.3) is 0 Å². The monoisotopic (exact) mass is 444 g/mol. The number of aliphatic hydroxyl groups is 1. The lowest BCUT2D eigenvalue weighted by Crippen LogP contribution is -2.57. The number of carbonyl (C=O) groups is 4. The number of aromatic amines is 1. The van der Waals surface area contributed by atoms with Gasteiger partial charge in [0.15, 0.2) is 0 Å². The highest BCUT2D eigenvalue weighted by atomic mass is 32.2. The van der Waals surface area contributed by atoms with E-state index in [-0.39, 0.29) is 12.8 Å². The predicted molar refractivity (Wildman–Crippen MR) is 109 cm³/mol. The average molecular weight is 445 g/mol. The largest absolute Gasteiger partial charge is 0.480 e. The maximum atomic E-state index is 12.4. The zero-order chi connectivity index (χ0) is 22.7. The van der Waals surface area contributed by atoms with Crippen LogP contribution in [0.4, 0.5) is 0 Å². The van der Waals surface area contributed by atoms with Gasteiger partial charge < -0.3 is 36.9 Å². The van der Waals surface area contributed by atoms with E-state index in [0.29, 0.717) is 11.4 Å². The van der Waals surface area contributed by atoms with Gasteiger partial charge in [-0.2, -0.15) is 11.8 Å². The predicted octanol–water partition coefficient (Wildman–Crippen LogP) is -2.42. The van der Waals surface area contributed by atoms with Crippen molar-refractivity contribution in [1.29, 1.82) is 0 Å². The number of aromatic nitrogens is 2. The van der Waals surface area contributed by atoms with E-state index in [2.05, 4.69) is 25.9 Å². The fraction of sp³-hybridized carbons (Fsp3) is 0.588. The molecule has 0 bridgehead atoms. The van der Waals surface area contributed by atoms with Crippen LogP contribution >= 0.6 is 11.8 Å². The minimum atomic E-state index is -1.48. The number of carboxylic acids is 1. The van der Waals surface area contributed by atoms with Crippen molar-refractivity contribution in [2.24, 2.45) is 5.73 Å². The number of amides is 3. The van der Waals surface area contributed by atoms with Crippen LogP contribution in [-0.2, 0) is 25.6 Å². The maximum absolute atomic E-state index is 12.4. The molecule has 0 fully saturated rings. The molecule has 0 radical (unpaired) electrons. The molecule has 0 spiro atoms. The number of H-pyrrole nitrogens is 1. The van der Waals surface area contributed by atoms with E-state index in [4.69, 9.17) is 15.9 Å². The van der Waals surface area contributed by atoms with Crippen molar-refractivity contribution >= 4 is 35.5 Å². The highest BCUT2D eigenvalue weighted by Crippen LogP contribution is 2.03. The van der Waals surface area contributed by atoms with Gasteiger partial charge in [0.1, 0.15) is 18.1 Å². The summed E-state index contributed by atoms with van der Waals surface area (Å²) in [6, 6.07) is -4.40. The third-order valence-corrected chi connectivity index (χ3v) is 4.77. The molecule has 1 heterocycles. The first-order valence-electron chi connectivity index (χ1n) is 9.16. The van der Waals surface area contributed by atoms with E-state index < -0.39 is 54.5 Å². The lowest BCUT2D eigenvalue weighted by atomic mass is 10.1. The van der Waals surface area contributed by atoms with E-state index in [1.54, 1.807) is 0 Å². The Morgan fingerprint density at radius 2 is 1.83 bits per heavy atom. The Morgan fingerprint density at radius 3 is 2.37 bits per heavy atom. The minimum absolute atomic E-state index is 0.205. The summed E-state index contributed by atoms with van der Waals surface area (Å²) >= 11 is 1.44. The van der Waals surface area contributed by atoms with E-state index in [1.807, 2.05) is 6.26 Å². The number of carboxylic acid groups (broad SMARTS) is 1. The van der Waals surface area contributed by atoms with Crippen LogP contribution in [0.25, 0.3) is 0 Å². The first-order chi connectivity index (χ1) is 14.2. The van der Waals surface area contributed by atoms with Crippen LogP contribution in [0.5, 0.6) is 0 Å². The highest BCUT2D eigenvalue weighted by Gasteiger charge is 2.28. The zero-order valence-electron chi connectivity index (χ0n) is 16.8. The van der Waals surface area contributed by atoms with Crippen molar-refractivity contribution in [3.63, 3.8) is 0 Å². The van der Waals surface area contributed by atoms with Gasteiger partial charge in [-0.15, -0.1) is 0 Å². The van der Waals surface area contributed by atoms with Crippen LogP contribution in [0.15, 0.2) is 12.5 Å². The van der Waals surface area contributed by atoms with Crippen molar-refractivity contribution in [2.45, 2.75) is 43.9 Å². The molecule has 8 N–H and O–H groups in total. The molecule has 1 rings (SSSR count). The number of rotatable bonds is 13. The summed E-state index contributed by atoms with van der Waals surface area (Å²) in [5, 5.41) is 25.2. The van der Waals surface area contributed by atoms with Crippen molar-refractivity contribution in [2.75, 3.05) is 18.6 Å². The molecule has 0 aliphatic heterocycles. The molecule has 0 saturated carbocycles. The SMILES string of the molecule is CSCCC(NC(=O)C(C)NC(=O)C(N)Cc1cnc[nH]1)C(=O)NC(CO)C(=O)O. The van der Waals surface area contributed by atoms with Crippen molar-refractivity contribution < 1.29 is 29.4 Å². The number of nitrogens with two attached hydrogens (primary N) is 1. The van der Waals surface area contributed by atoms with Crippen LogP contribution < -0.4 is 21.7 Å². The Kier molecular flexibility index (Phi) is 10.9. The van der Waals surface area contributed by atoms with E-state index in [1.165, 1.54) is 31.2 Å². The fourth-order valence-corrected chi connectivity index (χ4v) is 2.84. The summed E-state index contributed by atoms with van der Waals surface area (Å²) < 4.78 is 0. The van der Waals surface area contributed by atoms with Gasteiger partial charge >= 0.3 is 5.97 Å². The summed E-state index contributed by atoms with van der Waals surface area (Å²) in [5.74, 6) is -2.80. The summed E-state index contributed by atoms with van der Waals surface area (Å²) in [6.45, 7) is 0.651. The molecule has 0 saturated heterocycles. The summed E-state index contributed by atoms with van der Waals surface area (Å²) in [6.07, 6.45) is 5.25. The number of carbonyl (C=O) groups excluding carboxylic acids is 3. The lowest BCUT2D eigenvalue weighted by molar-refractivity contribution is -0.143. The van der Waals surface area contributed by atoms with E-state index >= 15 is 0 Å². The molecular formula is C17H28N6O6S. The topological polar surface area (TPSA) is 200 Å². The lowest BCUT2D eigenvalue weighted by Gasteiger charge is -2.23. The van der Waals surface area contributed by atoms with Gasteiger partial charge in [0, 0.05) is 18.3 Å². The molecule has 4 unspecified atom stereocenters. The molecular weight excluding hydrogens is 416 g/mol. The van der Waals surface area contributed by atoms with Crippen LogP contribution in [0.2, 0.25) is 0 Å². The number of nitrogens with one attached hydrogen (secondary N) is 4. The molecule has 168 valence electrons. The molecule has 30 heavy (non-hydrogen) atoms. The second kappa shape index (κ2) is 12.8. The fourth-order valence-electron chi connectivity index (χ4n) is 2.37. The quantitative estimate of drug-likeness (QED) is 0.173. The van der Waals surface area contributed by atoms with E-state index in [9.17, 15) is 19.2 Å². The van der Waals surface area contributed by atoms with E-state index in [0.717, 1.165) is 0 Å². The van der Waals surface area contributed by atoms with Crippen LogP contribution in [0.1, 0.15) is 19.0 Å². The average Bonchev–Trinajstić information content (AvgIpc) is 3.21. The molecule has 1 aromatic rings. The summed E-state index contributed by atoms with van der Waals surface area (Å²) in [7, 11) is 0. The first kappa shape index (κ1) is 25.4. The third-order valence-electron chi connectivity index (χ3n) is 4.12. The van der Waals surface area contributed by atoms with Gasteiger partial charge in [-0.3, -0.25) is 14.4 Å².